The first-order valence-electron chi connectivity index (χ1n) is 6.17. The van der Waals surface area contributed by atoms with Crippen LogP contribution < -0.4 is 5.32 Å². The maximum atomic E-state index is 5.96. The predicted octanol–water partition coefficient (Wildman–Crippen LogP) is 4.21. The first-order chi connectivity index (χ1) is 9.15. The van der Waals surface area contributed by atoms with Crippen LogP contribution in [0.3, 0.4) is 0 Å². The van der Waals surface area contributed by atoms with Crippen molar-refractivity contribution in [1.29, 1.82) is 0 Å². The molecule has 1 aromatic heterocycles. The first-order valence-corrected chi connectivity index (χ1v) is 7.35. The van der Waals surface area contributed by atoms with Gasteiger partial charge in [0.1, 0.15) is 0 Å². The lowest BCUT2D eigenvalue weighted by molar-refractivity contribution is 0.402. The molecule has 2 rings (SSSR count). The summed E-state index contributed by atoms with van der Waals surface area (Å²) >= 11 is 9.35. The van der Waals surface area contributed by atoms with E-state index in [1.165, 1.54) is 0 Å². The zero-order valence-corrected chi connectivity index (χ0v) is 13.1. The molecule has 0 saturated heterocycles. The van der Waals surface area contributed by atoms with Gasteiger partial charge in [-0.2, -0.15) is 0 Å². The number of nitrogens with zero attached hydrogens (tertiary/aromatic N) is 2. The Morgan fingerprint density at radius 1 is 1.37 bits per heavy atom. The Morgan fingerprint density at radius 2 is 2.16 bits per heavy atom. The molecule has 0 aliphatic rings. The number of halogens is 2. The van der Waals surface area contributed by atoms with Crippen LogP contribution >= 0.6 is 27.5 Å². The van der Waals surface area contributed by atoms with E-state index in [0.29, 0.717) is 16.8 Å². The number of benzene rings is 1. The molecule has 0 aliphatic heterocycles. The van der Waals surface area contributed by atoms with Crippen LogP contribution in [0.25, 0.3) is 11.5 Å². The molecule has 0 fully saturated rings. The summed E-state index contributed by atoms with van der Waals surface area (Å²) in [5.41, 5.74) is 0.848. The zero-order valence-electron chi connectivity index (χ0n) is 10.8. The number of nitrogens with one attached hydrogen (secondary N) is 1. The van der Waals surface area contributed by atoms with E-state index in [4.69, 9.17) is 16.0 Å². The van der Waals surface area contributed by atoms with Gasteiger partial charge in [0.05, 0.1) is 11.1 Å². The minimum Gasteiger partial charge on any atom is -0.419 e. The summed E-state index contributed by atoms with van der Waals surface area (Å²) in [6.07, 6.45) is 0.903. The molecule has 1 unspecified atom stereocenters. The van der Waals surface area contributed by atoms with Crippen LogP contribution in [0.1, 0.15) is 32.2 Å². The van der Waals surface area contributed by atoms with Crippen molar-refractivity contribution in [3.8, 4) is 11.5 Å². The minimum atomic E-state index is 0.0991. The molecular formula is C13H15BrClN3O. The van der Waals surface area contributed by atoms with E-state index in [0.717, 1.165) is 23.0 Å². The maximum absolute atomic E-state index is 5.96. The van der Waals surface area contributed by atoms with Gasteiger partial charge in [-0.15, -0.1) is 10.2 Å². The smallest absolute Gasteiger partial charge is 0.247 e. The molecule has 1 heterocycles. The number of hydrogen-bond donors (Lipinski definition) is 1. The molecule has 1 aromatic carbocycles. The molecule has 4 nitrogen and oxygen atoms in total. The quantitative estimate of drug-likeness (QED) is 0.882. The summed E-state index contributed by atoms with van der Waals surface area (Å²) in [7, 11) is 0. The first kappa shape index (κ1) is 14.5. The highest BCUT2D eigenvalue weighted by molar-refractivity contribution is 9.10. The van der Waals surface area contributed by atoms with Gasteiger partial charge in [0, 0.05) is 10.0 Å². The fraction of sp³-hybridized carbons (Fsp3) is 0.385. The lowest BCUT2D eigenvalue weighted by Crippen LogP contribution is -2.20. The molecule has 1 atom stereocenters. The Bertz CT molecular complexity index is 559. The summed E-state index contributed by atoms with van der Waals surface area (Å²) in [5, 5.41) is 12.2. The van der Waals surface area contributed by atoms with Gasteiger partial charge >= 0.3 is 0 Å². The molecule has 0 saturated carbocycles. The third-order valence-electron chi connectivity index (χ3n) is 2.76. The van der Waals surface area contributed by atoms with E-state index in [1.54, 1.807) is 6.07 Å². The SMILES string of the molecule is CCNC(CC)c1nnc(-c2ccc(Cl)c(Br)c2)o1. The molecular weight excluding hydrogens is 330 g/mol. The van der Waals surface area contributed by atoms with E-state index >= 15 is 0 Å². The standard InChI is InChI=1S/C13H15BrClN3O/c1-3-11(16-4-2)13-18-17-12(19-13)8-5-6-10(15)9(14)7-8/h5-7,11,16H,3-4H2,1-2H3. The predicted molar refractivity (Wildman–Crippen MR) is 79.2 cm³/mol. The van der Waals surface area contributed by atoms with E-state index < -0.39 is 0 Å². The Balaban J connectivity index is 2.27. The Labute approximate surface area is 125 Å². The van der Waals surface area contributed by atoms with Crippen LogP contribution in [0, 0.1) is 0 Å². The van der Waals surface area contributed by atoms with E-state index in [2.05, 4.69) is 45.3 Å². The van der Waals surface area contributed by atoms with Crippen LogP contribution in [0.15, 0.2) is 27.1 Å². The van der Waals surface area contributed by atoms with Crippen LogP contribution in [0.4, 0.5) is 0 Å². The molecule has 19 heavy (non-hydrogen) atoms. The van der Waals surface area contributed by atoms with E-state index in [9.17, 15) is 0 Å². The van der Waals surface area contributed by atoms with Crippen molar-refractivity contribution in [3.63, 3.8) is 0 Å². The van der Waals surface area contributed by atoms with Gasteiger partial charge < -0.3 is 9.73 Å². The molecule has 0 aliphatic carbocycles. The summed E-state index contributed by atoms with van der Waals surface area (Å²) in [6.45, 7) is 5.00. The minimum absolute atomic E-state index is 0.0991. The lowest BCUT2D eigenvalue weighted by atomic mass is 10.2. The summed E-state index contributed by atoms with van der Waals surface area (Å²) in [6, 6.07) is 5.63. The third-order valence-corrected chi connectivity index (χ3v) is 3.98. The topological polar surface area (TPSA) is 51.0 Å². The molecule has 0 radical (unpaired) electrons. The van der Waals surface area contributed by atoms with Crippen molar-refractivity contribution in [3.05, 3.63) is 33.6 Å². The highest BCUT2D eigenvalue weighted by atomic mass is 79.9. The van der Waals surface area contributed by atoms with Gasteiger partial charge in [0.25, 0.3) is 0 Å². The van der Waals surface area contributed by atoms with Crippen molar-refractivity contribution < 1.29 is 4.42 Å². The highest BCUT2D eigenvalue weighted by Crippen LogP contribution is 2.29. The fourth-order valence-corrected chi connectivity index (χ4v) is 2.27. The van der Waals surface area contributed by atoms with Gasteiger partial charge in [-0.3, -0.25) is 0 Å². The van der Waals surface area contributed by atoms with Gasteiger partial charge in [-0.1, -0.05) is 25.4 Å². The summed E-state index contributed by atoms with van der Waals surface area (Å²) in [5.74, 6) is 1.12. The van der Waals surface area contributed by atoms with Crippen molar-refractivity contribution in [2.45, 2.75) is 26.3 Å². The van der Waals surface area contributed by atoms with Crippen LogP contribution in [-0.4, -0.2) is 16.7 Å². The number of rotatable bonds is 5. The second-order valence-corrected chi connectivity index (χ2v) is 5.35. The molecule has 1 N–H and O–H groups in total. The van der Waals surface area contributed by atoms with Gasteiger partial charge in [0.2, 0.25) is 11.8 Å². The molecule has 0 spiro atoms. The average molecular weight is 345 g/mol. The van der Waals surface area contributed by atoms with Crippen molar-refractivity contribution in [2.75, 3.05) is 6.54 Å². The number of aromatic nitrogens is 2. The van der Waals surface area contributed by atoms with E-state index in [-0.39, 0.29) is 6.04 Å². The van der Waals surface area contributed by atoms with Gasteiger partial charge in [-0.25, -0.2) is 0 Å². The van der Waals surface area contributed by atoms with E-state index in [1.807, 2.05) is 12.1 Å². The molecule has 0 amide bonds. The van der Waals surface area contributed by atoms with Crippen molar-refractivity contribution in [2.24, 2.45) is 0 Å². The second-order valence-electron chi connectivity index (χ2n) is 4.09. The molecule has 6 heteroatoms. The molecule has 2 aromatic rings. The largest absolute Gasteiger partial charge is 0.419 e. The van der Waals surface area contributed by atoms with Crippen molar-refractivity contribution >= 4 is 27.5 Å². The van der Waals surface area contributed by atoms with Crippen molar-refractivity contribution in [1.82, 2.24) is 15.5 Å². The van der Waals surface area contributed by atoms with Crippen LogP contribution in [-0.2, 0) is 0 Å². The average Bonchev–Trinajstić information content (AvgIpc) is 2.88. The van der Waals surface area contributed by atoms with Crippen LogP contribution in [0.5, 0.6) is 0 Å². The monoisotopic (exact) mass is 343 g/mol. The Morgan fingerprint density at radius 3 is 2.79 bits per heavy atom. The zero-order chi connectivity index (χ0) is 13.8. The second kappa shape index (κ2) is 6.50. The lowest BCUT2D eigenvalue weighted by Gasteiger charge is -2.10. The number of hydrogen-bond acceptors (Lipinski definition) is 4. The van der Waals surface area contributed by atoms with Gasteiger partial charge in [0.15, 0.2) is 0 Å². The molecule has 102 valence electrons. The third kappa shape index (κ3) is 3.35. The normalized spacial score (nSPS) is 12.6. The Hall–Kier alpha value is -0.910. The van der Waals surface area contributed by atoms with Gasteiger partial charge in [-0.05, 0) is 47.1 Å². The maximum Gasteiger partial charge on any atom is 0.247 e. The van der Waals surface area contributed by atoms with Crippen LogP contribution in [0.2, 0.25) is 5.02 Å². The fourth-order valence-electron chi connectivity index (χ4n) is 1.77. The summed E-state index contributed by atoms with van der Waals surface area (Å²) in [4.78, 5) is 0. The summed E-state index contributed by atoms with van der Waals surface area (Å²) < 4.78 is 6.53. The Kier molecular flexibility index (Phi) is 4.96. The highest BCUT2D eigenvalue weighted by Gasteiger charge is 2.16. The molecule has 0 bridgehead atoms.